The Kier molecular flexibility index (Phi) is 4.18. The van der Waals surface area contributed by atoms with Gasteiger partial charge in [-0.1, -0.05) is 64.6 Å². The molecule has 0 saturated heterocycles. The minimum Gasteiger partial charge on any atom is -0.215 e. The van der Waals surface area contributed by atoms with E-state index < -0.39 is 0 Å². The van der Waals surface area contributed by atoms with Crippen molar-refractivity contribution in [2.24, 2.45) is 0 Å². The summed E-state index contributed by atoms with van der Waals surface area (Å²) < 4.78 is 0.670. The van der Waals surface area contributed by atoms with Gasteiger partial charge in [-0.15, -0.1) is 11.3 Å². The molecule has 0 bridgehead atoms. The van der Waals surface area contributed by atoms with Gasteiger partial charge in [-0.05, 0) is 24.6 Å². The Balaban J connectivity index is 2.10. The second kappa shape index (κ2) is 5.93. The molecular formula is C15H9Cl3N2S. The Morgan fingerprint density at radius 3 is 2.00 bits per heavy atom. The first-order valence-corrected chi connectivity index (χ1v) is 8.05. The molecule has 2 nitrogen and oxygen atoms in total. The van der Waals surface area contributed by atoms with Crippen LogP contribution in [0.3, 0.4) is 0 Å². The van der Waals surface area contributed by atoms with Gasteiger partial charge in [0.1, 0.15) is 10.3 Å². The van der Waals surface area contributed by atoms with Crippen LogP contribution in [0.5, 0.6) is 0 Å². The van der Waals surface area contributed by atoms with E-state index in [1.165, 1.54) is 11.3 Å². The molecule has 0 aliphatic carbocycles. The second-order valence-electron chi connectivity index (χ2n) is 4.47. The van der Waals surface area contributed by atoms with Crippen molar-refractivity contribution >= 4 is 46.1 Å². The van der Waals surface area contributed by atoms with E-state index in [1.807, 2.05) is 37.3 Å². The summed E-state index contributed by atoms with van der Waals surface area (Å²) in [4.78, 5) is 9.51. The molecule has 0 unspecified atom stereocenters. The molecule has 0 aliphatic rings. The Morgan fingerprint density at radius 1 is 0.857 bits per heavy atom. The van der Waals surface area contributed by atoms with E-state index in [2.05, 4.69) is 9.97 Å². The van der Waals surface area contributed by atoms with Gasteiger partial charge in [-0.2, -0.15) is 0 Å². The van der Waals surface area contributed by atoms with Gasteiger partial charge < -0.3 is 0 Å². The van der Waals surface area contributed by atoms with Gasteiger partial charge in [-0.25, -0.2) is 9.97 Å². The van der Waals surface area contributed by atoms with E-state index in [1.54, 1.807) is 6.07 Å². The average molecular weight is 356 g/mol. The maximum Gasteiger partial charge on any atom is 0.172 e. The summed E-state index contributed by atoms with van der Waals surface area (Å²) in [6.07, 6.45) is 0. The molecule has 1 aromatic carbocycles. The molecule has 0 fully saturated rings. The highest BCUT2D eigenvalue weighted by molar-refractivity contribution is 7.19. The molecule has 0 saturated carbocycles. The van der Waals surface area contributed by atoms with Crippen LogP contribution in [0.4, 0.5) is 0 Å². The van der Waals surface area contributed by atoms with Crippen LogP contribution in [0.25, 0.3) is 21.8 Å². The van der Waals surface area contributed by atoms with E-state index in [9.17, 15) is 0 Å². The molecule has 21 heavy (non-hydrogen) atoms. The summed E-state index contributed by atoms with van der Waals surface area (Å²) in [5.74, 6) is 0.484. The summed E-state index contributed by atoms with van der Waals surface area (Å²) in [5.41, 5.74) is 2.70. The Labute approximate surface area is 141 Å². The fraction of sp³-hybridized carbons (Fsp3) is 0.0667. The van der Waals surface area contributed by atoms with E-state index in [0.29, 0.717) is 26.0 Å². The predicted molar refractivity (Wildman–Crippen MR) is 90.5 cm³/mol. The molecule has 0 atom stereocenters. The van der Waals surface area contributed by atoms with Gasteiger partial charge >= 0.3 is 0 Å². The minimum absolute atomic E-state index is 0.332. The molecular weight excluding hydrogens is 347 g/mol. The first-order chi connectivity index (χ1) is 10.0. The van der Waals surface area contributed by atoms with Gasteiger partial charge in [0.05, 0.1) is 14.8 Å². The number of hydrogen-bond acceptors (Lipinski definition) is 3. The topological polar surface area (TPSA) is 25.8 Å². The van der Waals surface area contributed by atoms with Crippen LogP contribution in [-0.2, 0) is 0 Å². The third kappa shape index (κ3) is 3.06. The van der Waals surface area contributed by atoms with Crippen LogP contribution < -0.4 is 0 Å². The minimum atomic E-state index is 0.332. The number of rotatable bonds is 2. The fourth-order valence-electron chi connectivity index (χ4n) is 1.91. The highest BCUT2D eigenvalue weighted by Crippen LogP contribution is 2.36. The van der Waals surface area contributed by atoms with Crippen LogP contribution in [0, 0.1) is 6.92 Å². The quantitative estimate of drug-likeness (QED) is 0.516. The first-order valence-electron chi connectivity index (χ1n) is 6.10. The van der Waals surface area contributed by atoms with Crippen LogP contribution in [0.2, 0.25) is 14.6 Å². The van der Waals surface area contributed by atoms with Crippen LogP contribution in [0.1, 0.15) is 5.56 Å². The summed E-state index contributed by atoms with van der Waals surface area (Å²) in [7, 11) is 0. The smallest absolute Gasteiger partial charge is 0.172 e. The number of benzene rings is 1. The van der Waals surface area contributed by atoms with Crippen LogP contribution in [0.15, 0.2) is 36.4 Å². The van der Waals surface area contributed by atoms with Crippen molar-refractivity contribution in [2.75, 3.05) is 0 Å². The van der Waals surface area contributed by atoms with Crippen molar-refractivity contribution in [3.05, 3.63) is 56.6 Å². The highest BCUT2D eigenvalue weighted by atomic mass is 35.5. The number of thiophene rings is 1. The van der Waals surface area contributed by atoms with E-state index >= 15 is 0 Å². The van der Waals surface area contributed by atoms with Gasteiger partial charge in [0, 0.05) is 0 Å². The summed E-state index contributed by atoms with van der Waals surface area (Å²) >= 11 is 19.9. The Bertz CT molecular complexity index is 774. The van der Waals surface area contributed by atoms with Gasteiger partial charge in [0.2, 0.25) is 0 Å². The van der Waals surface area contributed by atoms with Crippen molar-refractivity contribution in [3.8, 4) is 21.8 Å². The number of aryl methyl sites for hydroxylation is 1. The lowest BCUT2D eigenvalue weighted by Crippen LogP contribution is -1.93. The van der Waals surface area contributed by atoms with E-state index in [4.69, 9.17) is 34.8 Å². The largest absolute Gasteiger partial charge is 0.215 e. The maximum absolute atomic E-state index is 6.30. The van der Waals surface area contributed by atoms with Crippen LogP contribution in [-0.4, -0.2) is 9.97 Å². The number of nitrogens with zero attached hydrogens (tertiary/aromatic N) is 2. The molecule has 3 aromatic rings. The predicted octanol–water partition coefficient (Wildman–Crippen LogP) is 6.14. The molecule has 6 heteroatoms. The average Bonchev–Trinajstić information content (AvgIpc) is 2.87. The SMILES string of the molecule is Cc1ccc(-c2c(Cl)nc(-c3ccc(Cl)s3)nc2Cl)cc1. The highest BCUT2D eigenvalue weighted by Gasteiger charge is 2.15. The van der Waals surface area contributed by atoms with Crippen molar-refractivity contribution < 1.29 is 0 Å². The molecule has 0 radical (unpaired) electrons. The molecule has 106 valence electrons. The molecule has 3 rings (SSSR count). The van der Waals surface area contributed by atoms with Crippen molar-refractivity contribution in [1.82, 2.24) is 9.97 Å². The third-order valence-electron chi connectivity index (χ3n) is 2.95. The van der Waals surface area contributed by atoms with Crippen molar-refractivity contribution in [3.63, 3.8) is 0 Å². The first kappa shape index (κ1) is 14.8. The summed E-state index contributed by atoms with van der Waals surface area (Å²) in [6, 6.07) is 11.5. The van der Waals surface area contributed by atoms with Crippen molar-refractivity contribution in [1.29, 1.82) is 0 Å². The normalized spacial score (nSPS) is 10.9. The lowest BCUT2D eigenvalue weighted by atomic mass is 10.1. The zero-order valence-corrected chi connectivity index (χ0v) is 14.0. The molecule has 0 amide bonds. The summed E-state index contributed by atoms with van der Waals surface area (Å²) in [5, 5.41) is 0.664. The second-order valence-corrected chi connectivity index (χ2v) is 6.90. The summed E-state index contributed by atoms with van der Waals surface area (Å²) in [6.45, 7) is 2.02. The number of hydrogen-bond donors (Lipinski definition) is 0. The van der Waals surface area contributed by atoms with Crippen LogP contribution >= 0.6 is 46.1 Å². The lowest BCUT2D eigenvalue weighted by Gasteiger charge is -2.08. The molecule has 2 aromatic heterocycles. The van der Waals surface area contributed by atoms with Crippen molar-refractivity contribution in [2.45, 2.75) is 6.92 Å². The fourth-order valence-corrected chi connectivity index (χ4v) is 3.49. The Morgan fingerprint density at radius 2 is 1.48 bits per heavy atom. The molecule has 0 N–H and O–H groups in total. The standard InChI is InChI=1S/C15H9Cl3N2S/c1-8-2-4-9(5-3-8)12-13(17)19-15(20-14(12)18)10-6-7-11(16)21-10/h2-7H,1H3. The zero-order chi connectivity index (χ0) is 15.0. The zero-order valence-electron chi connectivity index (χ0n) is 10.9. The third-order valence-corrected chi connectivity index (χ3v) is 4.73. The van der Waals surface area contributed by atoms with Gasteiger partial charge in [-0.3, -0.25) is 0 Å². The van der Waals surface area contributed by atoms with Gasteiger partial charge in [0.15, 0.2) is 5.82 Å². The molecule has 0 aliphatic heterocycles. The Hall–Kier alpha value is -1.13. The molecule has 0 spiro atoms. The van der Waals surface area contributed by atoms with E-state index in [0.717, 1.165) is 16.0 Å². The number of halogens is 3. The monoisotopic (exact) mass is 354 g/mol. The van der Waals surface area contributed by atoms with E-state index in [-0.39, 0.29) is 0 Å². The lowest BCUT2D eigenvalue weighted by molar-refractivity contribution is 1.19. The maximum atomic E-state index is 6.30. The number of aromatic nitrogens is 2. The molecule has 2 heterocycles. The van der Waals surface area contributed by atoms with Gasteiger partial charge in [0.25, 0.3) is 0 Å².